The van der Waals surface area contributed by atoms with Gasteiger partial charge < -0.3 is 5.73 Å². The Labute approximate surface area is 120 Å². The van der Waals surface area contributed by atoms with E-state index in [1.165, 1.54) is 4.80 Å². The molecule has 0 aliphatic carbocycles. The highest BCUT2D eigenvalue weighted by atomic mass is 15.6. The fourth-order valence-electron chi connectivity index (χ4n) is 2.20. The van der Waals surface area contributed by atoms with E-state index in [9.17, 15) is 0 Å². The number of nitrogens with two attached hydrogens (primary N) is 1. The molecule has 0 saturated heterocycles. The molecular formula is C13H14N8. The van der Waals surface area contributed by atoms with Crippen molar-refractivity contribution in [3.8, 4) is 17.2 Å². The van der Waals surface area contributed by atoms with Crippen molar-refractivity contribution < 1.29 is 0 Å². The maximum atomic E-state index is 7.69. The Morgan fingerprint density at radius 3 is 2.57 bits per heavy atom. The molecule has 3 rings (SSSR count). The number of nitrogen functional groups attached to an aromatic ring is 1. The second kappa shape index (κ2) is 4.82. The Balaban J connectivity index is 2.11. The number of hydrogen-bond donors (Lipinski definition) is 2. The summed E-state index contributed by atoms with van der Waals surface area (Å²) >= 11 is 0. The molecule has 0 radical (unpaired) electrons. The molecule has 0 fully saturated rings. The second-order valence-corrected chi connectivity index (χ2v) is 4.59. The van der Waals surface area contributed by atoms with Gasteiger partial charge in [0.2, 0.25) is 5.82 Å². The number of aromatic nitrogens is 6. The third-order valence-corrected chi connectivity index (χ3v) is 3.10. The summed E-state index contributed by atoms with van der Waals surface area (Å²) in [5, 5.41) is 24.4. The van der Waals surface area contributed by atoms with Crippen molar-refractivity contribution in [2.75, 3.05) is 0 Å². The number of hydrogen-bond acceptors (Lipinski definition) is 5. The standard InChI is InChI=1S/C13H14N8/c1-8-10(11(14)15)13(20(2)17-8)21-18-12(16-19-21)9-6-4-3-5-7-9/h3-7H,1-2H3,(H3,14,15). The first kappa shape index (κ1) is 13.0. The summed E-state index contributed by atoms with van der Waals surface area (Å²) in [5.74, 6) is 0.952. The highest BCUT2D eigenvalue weighted by Crippen LogP contribution is 2.18. The van der Waals surface area contributed by atoms with Gasteiger partial charge in [0.15, 0.2) is 5.82 Å². The van der Waals surface area contributed by atoms with E-state index in [1.54, 1.807) is 18.7 Å². The molecule has 0 atom stereocenters. The Hall–Kier alpha value is -3.03. The van der Waals surface area contributed by atoms with Crippen LogP contribution in [0.2, 0.25) is 0 Å². The average molecular weight is 282 g/mol. The van der Waals surface area contributed by atoms with Crippen LogP contribution in [0, 0.1) is 12.3 Å². The molecule has 0 bridgehead atoms. The van der Waals surface area contributed by atoms with E-state index < -0.39 is 0 Å². The van der Waals surface area contributed by atoms with Crippen molar-refractivity contribution in [3.63, 3.8) is 0 Å². The van der Waals surface area contributed by atoms with Gasteiger partial charge in [-0.25, -0.2) is 4.68 Å². The summed E-state index contributed by atoms with van der Waals surface area (Å²) in [7, 11) is 1.75. The Morgan fingerprint density at radius 1 is 1.19 bits per heavy atom. The molecule has 0 spiro atoms. The fourth-order valence-corrected chi connectivity index (χ4v) is 2.20. The van der Waals surface area contributed by atoms with Gasteiger partial charge in [-0.1, -0.05) is 30.3 Å². The van der Waals surface area contributed by atoms with Crippen LogP contribution >= 0.6 is 0 Å². The first-order valence-electron chi connectivity index (χ1n) is 6.31. The molecule has 1 aromatic carbocycles. The molecule has 0 amide bonds. The lowest BCUT2D eigenvalue weighted by Crippen LogP contribution is -2.17. The molecular weight excluding hydrogens is 268 g/mol. The second-order valence-electron chi connectivity index (χ2n) is 4.59. The van der Waals surface area contributed by atoms with Crippen LogP contribution in [0.4, 0.5) is 0 Å². The van der Waals surface area contributed by atoms with Crippen molar-refractivity contribution in [1.82, 2.24) is 30.0 Å². The quantitative estimate of drug-likeness (QED) is 0.541. The van der Waals surface area contributed by atoms with Crippen molar-refractivity contribution >= 4 is 5.84 Å². The van der Waals surface area contributed by atoms with E-state index in [-0.39, 0.29) is 5.84 Å². The SMILES string of the molecule is Cc1nn(C)c(-n2nnc(-c3ccccc3)n2)c1C(=N)N. The number of tetrazole rings is 1. The van der Waals surface area contributed by atoms with E-state index in [1.807, 2.05) is 30.3 Å². The minimum atomic E-state index is -0.0749. The summed E-state index contributed by atoms with van der Waals surface area (Å²) in [6, 6.07) is 9.55. The topological polar surface area (TPSA) is 111 Å². The van der Waals surface area contributed by atoms with Gasteiger partial charge in [0.1, 0.15) is 5.84 Å². The number of rotatable bonds is 3. The first-order valence-corrected chi connectivity index (χ1v) is 6.31. The maximum absolute atomic E-state index is 7.69. The molecule has 0 aliphatic rings. The van der Waals surface area contributed by atoms with E-state index >= 15 is 0 Å². The molecule has 3 aromatic rings. The third kappa shape index (κ3) is 2.16. The van der Waals surface area contributed by atoms with Gasteiger partial charge in [-0.3, -0.25) is 5.41 Å². The monoisotopic (exact) mass is 282 g/mol. The van der Waals surface area contributed by atoms with Crippen LogP contribution in [0.1, 0.15) is 11.3 Å². The summed E-state index contributed by atoms with van der Waals surface area (Å²) < 4.78 is 1.59. The Kier molecular flexibility index (Phi) is 2.98. The van der Waals surface area contributed by atoms with Crippen LogP contribution in [-0.4, -0.2) is 35.8 Å². The number of nitrogens with one attached hydrogen (secondary N) is 1. The number of aryl methyl sites for hydroxylation is 2. The molecule has 8 nitrogen and oxygen atoms in total. The molecule has 3 N–H and O–H groups in total. The average Bonchev–Trinajstić information content (AvgIpc) is 3.04. The number of amidine groups is 1. The lowest BCUT2D eigenvalue weighted by atomic mass is 10.2. The molecule has 8 heteroatoms. The molecule has 2 aromatic heterocycles. The van der Waals surface area contributed by atoms with E-state index in [2.05, 4.69) is 20.5 Å². The van der Waals surface area contributed by atoms with Crippen LogP contribution < -0.4 is 5.73 Å². The van der Waals surface area contributed by atoms with Crippen LogP contribution in [-0.2, 0) is 7.05 Å². The van der Waals surface area contributed by atoms with Gasteiger partial charge in [0.05, 0.1) is 11.3 Å². The fraction of sp³-hybridized carbons (Fsp3) is 0.154. The van der Waals surface area contributed by atoms with E-state index in [0.717, 1.165) is 5.56 Å². The largest absolute Gasteiger partial charge is 0.384 e. The summed E-state index contributed by atoms with van der Waals surface area (Å²) in [5.41, 5.74) is 7.65. The molecule has 2 heterocycles. The zero-order chi connectivity index (χ0) is 15.0. The predicted octanol–water partition coefficient (Wildman–Crippen LogP) is 0.655. The molecule has 0 saturated carbocycles. The lowest BCUT2D eigenvalue weighted by molar-refractivity contribution is 0.632. The molecule has 106 valence electrons. The van der Waals surface area contributed by atoms with Crippen molar-refractivity contribution in [2.24, 2.45) is 12.8 Å². The summed E-state index contributed by atoms with van der Waals surface area (Å²) in [6.07, 6.45) is 0. The van der Waals surface area contributed by atoms with E-state index in [4.69, 9.17) is 11.1 Å². The highest BCUT2D eigenvalue weighted by molar-refractivity contribution is 5.99. The van der Waals surface area contributed by atoms with E-state index in [0.29, 0.717) is 22.9 Å². The molecule has 21 heavy (non-hydrogen) atoms. The summed E-state index contributed by atoms with van der Waals surface area (Å²) in [4.78, 5) is 1.35. The van der Waals surface area contributed by atoms with Crippen LogP contribution in [0.15, 0.2) is 30.3 Å². The van der Waals surface area contributed by atoms with Gasteiger partial charge >= 0.3 is 0 Å². The van der Waals surface area contributed by atoms with Gasteiger partial charge in [-0.05, 0) is 12.1 Å². The highest BCUT2D eigenvalue weighted by Gasteiger charge is 2.20. The van der Waals surface area contributed by atoms with Crippen molar-refractivity contribution in [1.29, 1.82) is 5.41 Å². The Bertz CT molecular complexity index is 799. The normalized spacial score (nSPS) is 10.8. The van der Waals surface area contributed by atoms with Crippen molar-refractivity contribution in [2.45, 2.75) is 6.92 Å². The summed E-state index contributed by atoms with van der Waals surface area (Å²) in [6.45, 7) is 1.79. The van der Waals surface area contributed by atoms with Gasteiger partial charge in [0.25, 0.3) is 0 Å². The van der Waals surface area contributed by atoms with Crippen LogP contribution in [0.25, 0.3) is 17.2 Å². The Morgan fingerprint density at radius 2 is 1.90 bits per heavy atom. The minimum Gasteiger partial charge on any atom is -0.384 e. The van der Waals surface area contributed by atoms with Gasteiger partial charge in [-0.15, -0.1) is 15.0 Å². The van der Waals surface area contributed by atoms with Gasteiger partial charge in [0, 0.05) is 12.6 Å². The zero-order valence-electron chi connectivity index (χ0n) is 11.6. The van der Waals surface area contributed by atoms with Crippen LogP contribution in [0.5, 0.6) is 0 Å². The maximum Gasteiger partial charge on any atom is 0.205 e. The van der Waals surface area contributed by atoms with Gasteiger partial charge in [-0.2, -0.15) is 5.10 Å². The number of nitrogens with zero attached hydrogens (tertiary/aromatic N) is 6. The molecule has 0 unspecified atom stereocenters. The van der Waals surface area contributed by atoms with Crippen LogP contribution in [0.3, 0.4) is 0 Å². The lowest BCUT2D eigenvalue weighted by Gasteiger charge is -2.02. The molecule has 0 aliphatic heterocycles. The number of benzene rings is 1. The minimum absolute atomic E-state index is 0.0749. The zero-order valence-corrected chi connectivity index (χ0v) is 11.6. The predicted molar refractivity (Wildman–Crippen MR) is 77.1 cm³/mol. The third-order valence-electron chi connectivity index (χ3n) is 3.10. The smallest absolute Gasteiger partial charge is 0.205 e. The first-order chi connectivity index (χ1) is 10.1. The van der Waals surface area contributed by atoms with Crippen molar-refractivity contribution in [3.05, 3.63) is 41.6 Å².